The number of ketones is 1. The van der Waals surface area contributed by atoms with Gasteiger partial charge >= 0.3 is 0 Å². The molecule has 9 nitrogen and oxygen atoms in total. The van der Waals surface area contributed by atoms with Crippen LogP contribution in [0.4, 0.5) is 5.69 Å². The highest BCUT2D eigenvalue weighted by Gasteiger charge is 2.33. The second kappa shape index (κ2) is 7.15. The number of nitrogens with one attached hydrogen (secondary N) is 4. The third-order valence-electron chi connectivity index (χ3n) is 6.60. The lowest BCUT2D eigenvalue weighted by atomic mass is 9.77. The summed E-state index contributed by atoms with van der Waals surface area (Å²) in [6, 6.07) is 4.18. The summed E-state index contributed by atoms with van der Waals surface area (Å²) in [4.78, 5) is 17.5. The number of aryl methyl sites for hydroxylation is 2. The maximum Gasteiger partial charge on any atom is 0.191 e. The number of carbonyl (C=O) groups excluding carboxylic acids is 1. The number of allylic oxidation sites excluding steroid dienone is 1. The fourth-order valence-electron chi connectivity index (χ4n) is 5.14. The maximum atomic E-state index is 13.2. The first-order valence-corrected chi connectivity index (χ1v) is 11.0. The van der Waals surface area contributed by atoms with Gasteiger partial charge in [-0.05, 0) is 62.8 Å². The molecule has 0 radical (unpaired) electrons. The molecule has 9 heteroatoms. The molecule has 0 fully saturated rings. The normalized spacial score (nSPS) is 17.9. The molecule has 162 valence electrons. The third-order valence-corrected chi connectivity index (χ3v) is 6.60. The van der Waals surface area contributed by atoms with Crippen molar-refractivity contribution in [2.45, 2.75) is 52.0 Å². The molecule has 1 aliphatic heterocycles. The van der Waals surface area contributed by atoms with Crippen LogP contribution in [0.15, 0.2) is 23.9 Å². The Morgan fingerprint density at radius 1 is 1.09 bits per heavy atom. The first kappa shape index (κ1) is 19.0. The highest BCUT2D eigenvalue weighted by Crippen LogP contribution is 2.49. The minimum Gasteiger partial charge on any atom is -0.374 e. The molecule has 4 heterocycles. The molecule has 1 atom stereocenters. The van der Waals surface area contributed by atoms with Gasteiger partial charge < -0.3 is 5.32 Å². The Morgan fingerprint density at radius 3 is 2.75 bits per heavy atom. The number of anilines is 1. The van der Waals surface area contributed by atoms with Crippen molar-refractivity contribution in [1.82, 2.24) is 35.6 Å². The van der Waals surface area contributed by atoms with Crippen LogP contribution in [0.5, 0.6) is 0 Å². The van der Waals surface area contributed by atoms with Crippen LogP contribution in [-0.4, -0.2) is 41.4 Å². The number of aromatic amines is 3. The van der Waals surface area contributed by atoms with E-state index < -0.39 is 0 Å². The molecule has 4 aromatic rings. The highest BCUT2D eigenvalue weighted by atomic mass is 16.1. The molecule has 1 aromatic carbocycles. The number of benzene rings is 1. The molecular weight excluding hydrogens is 404 g/mol. The fourth-order valence-corrected chi connectivity index (χ4v) is 5.14. The molecule has 0 saturated carbocycles. The minimum absolute atomic E-state index is 0.0885. The van der Waals surface area contributed by atoms with Crippen molar-refractivity contribution in [3.05, 3.63) is 58.1 Å². The van der Waals surface area contributed by atoms with Crippen molar-refractivity contribution in [1.29, 1.82) is 0 Å². The number of H-pyrrole nitrogens is 3. The van der Waals surface area contributed by atoms with Crippen LogP contribution in [-0.2, 0) is 6.42 Å². The number of fused-ring (bicyclic) bond motifs is 4. The van der Waals surface area contributed by atoms with Crippen LogP contribution in [0.1, 0.15) is 70.7 Å². The largest absolute Gasteiger partial charge is 0.374 e. The lowest BCUT2D eigenvalue weighted by Crippen LogP contribution is -2.22. The van der Waals surface area contributed by atoms with E-state index in [1.165, 1.54) is 23.1 Å². The van der Waals surface area contributed by atoms with Crippen LogP contribution in [0, 0.1) is 13.8 Å². The predicted octanol–water partition coefficient (Wildman–Crippen LogP) is 3.94. The smallest absolute Gasteiger partial charge is 0.191 e. The molecular formula is C23H24N8O. The first-order chi connectivity index (χ1) is 15.6. The summed E-state index contributed by atoms with van der Waals surface area (Å²) < 4.78 is 0. The number of rotatable bonds is 4. The molecule has 32 heavy (non-hydrogen) atoms. The van der Waals surface area contributed by atoms with E-state index in [1.807, 2.05) is 19.2 Å². The molecule has 1 unspecified atom stereocenters. The Labute approximate surface area is 184 Å². The van der Waals surface area contributed by atoms with Crippen LogP contribution >= 0.6 is 0 Å². The van der Waals surface area contributed by atoms with Gasteiger partial charge in [-0.25, -0.2) is 4.98 Å². The zero-order chi connectivity index (χ0) is 21.8. The zero-order valence-corrected chi connectivity index (χ0v) is 18.0. The van der Waals surface area contributed by atoms with Crippen molar-refractivity contribution < 1.29 is 4.79 Å². The van der Waals surface area contributed by atoms with E-state index in [9.17, 15) is 4.79 Å². The van der Waals surface area contributed by atoms with Gasteiger partial charge in [0.05, 0.1) is 24.2 Å². The van der Waals surface area contributed by atoms with E-state index >= 15 is 0 Å². The van der Waals surface area contributed by atoms with E-state index in [1.54, 1.807) is 0 Å². The predicted molar refractivity (Wildman–Crippen MR) is 120 cm³/mol. The first-order valence-electron chi connectivity index (χ1n) is 11.0. The third kappa shape index (κ3) is 2.88. The summed E-state index contributed by atoms with van der Waals surface area (Å²) in [6.07, 6.45) is 6.37. The fraction of sp³-hybridized carbons (Fsp3) is 0.348. The van der Waals surface area contributed by atoms with Gasteiger partial charge in [0.1, 0.15) is 11.5 Å². The van der Waals surface area contributed by atoms with Gasteiger partial charge in [-0.15, -0.1) is 0 Å². The van der Waals surface area contributed by atoms with Crippen molar-refractivity contribution in [2.75, 3.05) is 5.32 Å². The van der Waals surface area contributed by atoms with Gasteiger partial charge in [-0.3, -0.25) is 20.1 Å². The van der Waals surface area contributed by atoms with Crippen LogP contribution in [0.25, 0.3) is 16.5 Å². The average Bonchev–Trinajstić information content (AvgIpc) is 3.52. The average molecular weight is 429 g/mol. The highest BCUT2D eigenvalue weighted by molar-refractivity contribution is 6.12. The maximum absolute atomic E-state index is 13.2. The zero-order valence-electron chi connectivity index (χ0n) is 18.0. The summed E-state index contributed by atoms with van der Waals surface area (Å²) in [5.41, 5.74) is 8.45. The quantitative estimate of drug-likeness (QED) is 0.365. The van der Waals surface area contributed by atoms with Crippen LogP contribution < -0.4 is 5.32 Å². The molecule has 6 rings (SSSR count). The number of nitrogens with zero attached hydrogens (tertiary/aromatic N) is 4. The summed E-state index contributed by atoms with van der Waals surface area (Å²) in [5.74, 6) is 1.09. The molecule has 0 bridgehead atoms. The van der Waals surface area contributed by atoms with Crippen molar-refractivity contribution in [3.63, 3.8) is 0 Å². The van der Waals surface area contributed by atoms with E-state index in [4.69, 9.17) is 0 Å². The Hall–Kier alpha value is -3.75. The van der Waals surface area contributed by atoms with Gasteiger partial charge in [0.25, 0.3) is 0 Å². The second-order valence-corrected chi connectivity index (χ2v) is 8.66. The number of hydrogen-bond acceptors (Lipinski definition) is 6. The monoisotopic (exact) mass is 428 g/mol. The SMILES string of the molecule is Cc1nc(CC(=O)c2n[nH]c3ccc4c(c23)C2=C(CCCC2)C(c2cn[nH]c2C)N4)n[nH]1. The lowest BCUT2D eigenvalue weighted by molar-refractivity contribution is 0.0987. The number of hydrogen-bond donors (Lipinski definition) is 4. The summed E-state index contributed by atoms with van der Waals surface area (Å²) in [6.45, 7) is 3.88. The summed E-state index contributed by atoms with van der Waals surface area (Å²) in [5, 5.41) is 26.4. The Kier molecular flexibility index (Phi) is 4.24. The van der Waals surface area contributed by atoms with Gasteiger partial charge in [-0.1, -0.05) is 0 Å². The Balaban J connectivity index is 1.50. The van der Waals surface area contributed by atoms with Gasteiger partial charge in [0.2, 0.25) is 0 Å². The summed E-state index contributed by atoms with van der Waals surface area (Å²) in [7, 11) is 0. The molecule has 1 aliphatic carbocycles. The molecule has 0 saturated heterocycles. The molecule has 4 N–H and O–H groups in total. The van der Waals surface area contributed by atoms with Crippen molar-refractivity contribution in [2.24, 2.45) is 0 Å². The Morgan fingerprint density at radius 2 is 1.97 bits per heavy atom. The van der Waals surface area contributed by atoms with Gasteiger partial charge in [0.15, 0.2) is 11.6 Å². The van der Waals surface area contributed by atoms with E-state index in [2.05, 4.69) is 53.9 Å². The van der Waals surface area contributed by atoms with Crippen molar-refractivity contribution >= 4 is 27.9 Å². The Bertz CT molecular complexity index is 1390. The number of carbonyl (C=O) groups is 1. The topological polar surface area (TPSA) is 128 Å². The molecule has 2 aliphatic rings. The van der Waals surface area contributed by atoms with Crippen molar-refractivity contribution in [3.8, 4) is 0 Å². The minimum atomic E-state index is -0.0885. The van der Waals surface area contributed by atoms with E-state index in [0.29, 0.717) is 17.3 Å². The van der Waals surface area contributed by atoms with Gasteiger partial charge in [0, 0.05) is 27.9 Å². The van der Waals surface area contributed by atoms with Gasteiger partial charge in [-0.2, -0.15) is 15.3 Å². The molecule has 0 spiro atoms. The lowest BCUT2D eigenvalue weighted by Gasteiger charge is -2.35. The van der Waals surface area contributed by atoms with E-state index in [-0.39, 0.29) is 18.2 Å². The second-order valence-electron chi connectivity index (χ2n) is 8.66. The number of aromatic nitrogens is 7. The standard InChI is InChI=1S/C23H24N8O/c1-11-15(10-24-27-11)22-14-6-4-3-5-13(14)20-16(26-22)7-8-17-21(20)23(31-29-17)18(32)9-19-25-12(2)28-30-19/h7-8,10,22,26H,3-6,9H2,1-2H3,(H,24,27)(H,29,31)(H,25,28,30). The summed E-state index contributed by atoms with van der Waals surface area (Å²) >= 11 is 0. The van der Waals surface area contributed by atoms with Crippen LogP contribution in [0.3, 0.4) is 0 Å². The molecule has 0 amide bonds. The number of Topliss-reactive ketones (excluding diaryl/α,β-unsaturated/α-hetero) is 1. The molecule has 3 aromatic heterocycles. The van der Waals surface area contributed by atoms with E-state index in [0.717, 1.165) is 47.1 Å². The van der Waals surface area contributed by atoms with Crippen LogP contribution in [0.2, 0.25) is 0 Å².